The number of rotatable bonds is 4. The van der Waals surface area contributed by atoms with Crippen LogP contribution in [0.3, 0.4) is 0 Å². The van der Waals surface area contributed by atoms with Gasteiger partial charge in [-0.25, -0.2) is 4.98 Å². The number of hydrogen-bond acceptors (Lipinski definition) is 3. The molecule has 0 aliphatic rings. The molecule has 19 heavy (non-hydrogen) atoms. The molecule has 0 radical (unpaired) electrons. The summed E-state index contributed by atoms with van der Waals surface area (Å²) in [6, 6.07) is 10.1. The summed E-state index contributed by atoms with van der Waals surface area (Å²) < 4.78 is 2.13. The molecule has 0 fully saturated rings. The summed E-state index contributed by atoms with van der Waals surface area (Å²) in [5, 5.41) is 0. The maximum absolute atomic E-state index is 5.60. The van der Waals surface area contributed by atoms with E-state index in [1.807, 2.05) is 30.5 Å². The summed E-state index contributed by atoms with van der Waals surface area (Å²) in [7, 11) is 0. The second kappa shape index (κ2) is 5.20. The van der Waals surface area contributed by atoms with Gasteiger partial charge in [0.1, 0.15) is 5.82 Å². The van der Waals surface area contributed by atoms with Gasteiger partial charge in [0, 0.05) is 24.2 Å². The van der Waals surface area contributed by atoms with E-state index in [0.29, 0.717) is 6.54 Å². The molecule has 0 aliphatic heterocycles. The number of pyridine rings is 2. The second-order valence-electron chi connectivity index (χ2n) is 4.47. The fraction of sp³-hybridized carbons (Fsp3) is 0.200. The predicted octanol–water partition coefficient (Wildman–Crippen LogP) is 2.29. The van der Waals surface area contributed by atoms with Gasteiger partial charge in [-0.3, -0.25) is 9.38 Å². The lowest BCUT2D eigenvalue weighted by atomic mass is 10.2. The lowest BCUT2D eigenvalue weighted by Gasteiger charge is -1.99. The van der Waals surface area contributed by atoms with E-state index in [1.165, 1.54) is 0 Å². The SMILES string of the molecule is NCCCc1nc(-c2ccncc2)n2ccccc12. The summed E-state index contributed by atoms with van der Waals surface area (Å²) in [6.07, 6.45) is 7.49. The Kier molecular flexibility index (Phi) is 3.25. The Balaban J connectivity index is 2.15. The summed E-state index contributed by atoms with van der Waals surface area (Å²) in [6.45, 7) is 0.691. The summed E-state index contributed by atoms with van der Waals surface area (Å²) in [5.74, 6) is 0.963. The van der Waals surface area contributed by atoms with E-state index in [9.17, 15) is 0 Å². The van der Waals surface area contributed by atoms with Crippen LogP contribution < -0.4 is 5.73 Å². The molecule has 0 saturated heterocycles. The summed E-state index contributed by atoms with van der Waals surface area (Å²) >= 11 is 0. The Bertz CT molecular complexity index is 673. The molecule has 0 unspecified atom stereocenters. The van der Waals surface area contributed by atoms with Crippen molar-refractivity contribution in [3.8, 4) is 11.4 Å². The van der Waals surface area contributed by atoms with Gasteiger partial charge in [0.25, 0.3) is 0 Å². The highest BCUT2D eigenvalue weighted by Gasteiger charge is 2.11. The molecule has 3 aromatic heterocycles. The zero-order valence-electron chi connectivity index (χ0n) is 10.7. The zero-order chi connectivity index (χ0) is 13.1. The van der Waals surface area contributed by atoms with Crippen molar-refractivity contribution in [2.75, 3.05) is 6.54 Å². The molecule has 4 nitrogen and oxygen atoms in total. The van der Waals surface area contributed by atoms with Gasteiger partial charge < -0.3 is 5.73 Å². The molecule has 2 N–H and O–H groups in total. The number of nitrogens with two attached hydrogens (primary N) is 1. The Morgan fingerprint density at radius 1 is 1.11 bits per heavy atom. The number of aromatic nitrogens is 3. The van der Waals surface area contributed by atoms with Crippen LogP contribution in [0.4, 0.5) is 0 Å². The molecule has 96 valence electrons. The van der Waals surface area contributed by atoms with Crippen molar-refractivity contribution in [2.24, 2.45) is 5.73 Å². The highest BCUT2D eigenvalue weighted by atomic mass is 15.0. The lowest BCUT2D eigenvalue weighted by Crippen LogP contribution is -2.00. The second-order valence-corrected chi connectivity index (χ2v) is 4.47. The maximum atomic E-state index is 5.60. The molecule has 3 rings (SSSR count). The van der Waals surface area contributed by atoms with Crippen LogP contribution in [0.5, 0.6) is 0 Å². The minimum absolute atomic E-state index is 0.691. The quantitative estimate of drug-likeness (QED) is 0.775. The standard InChI is InChI=1S/C15H16N4/c16-8-3-4-13-14-5-1-2-11-19(14)15(18-13)12-6-9-17-10-7-12/h1-2,5-7,9-11H,3-4,8,16H2. The molecule has 3 heterocycles. The molecule has 0 spiro atoms. The Morgan fingerprint density at radius 2 is 1.95 bits per heavy atom. The Hall–Kier alpha value is -2.20. The third-order valence-corrected chi connectivity index (χ3v) is 3.18. The van der Waals surface area contributed by atoms with Gasteiger partial charge in [0.2, 0.25) is 0 Å². The van der Waals surface area contributed by atoms with E-state index in [-0.39, 0.29) is 0 Å². The van der Waals surface area contributed by atoms with Gasteiger partial charge in [0.05, 0.1) is 11.2 Å². The topological polar surface area (TPSA) is 56.2 Å². The van der Waals surface area contributed by atoms with E-state index >= 15 is 0 Å². The van der Waals surface area contributed by atoms with Crippen LogP contribution in [0.2, 0.25) is 0 Å². The molecule has 0 aliphatic carbocycles. The van der Waals surface area contributed by atoms with Crippen molar-refractivity contribution in [1.82, 2.24) is 14.4 Å². The fourth-order valence-electron chi connectivity index (χ4n) is 2.26. The number of hydrogen-bond donors (Lipinski definition) is 1. The van der Waals surface area contributed by atoms with Crippen LogP contribution in [-0.4, -0.2) is 20.9 Å². The number of imidazole rings is 1. The minimum atomic E-state index is 0.691. The summed E-state index contributed by atoms with van der Waals surface area (Å²) in [4.78, 5) is 8.83. The monoisotopic (exact) mass is 252 g/mol. The molecule has 0 bridgehead atoms. The van der Waals surface area contributed by atoms with E-state index in [2.05, 4.69) is 15.5 Å². The smallest absolute Gasteiger partial charge is 0.144 e. The van der Waals surface area contributed by atoms with E-state index in [0.717, 1.165) is 35.4 Å². The molecule has 0 saturated carbocycles. The Labute approximate surface area is 111 Å². The average molecular weight is 252 g/mol. The van der Waals surface area contributed by atoms with Crippen LogP contribution in [0.25, 0.3) is 16.9 Å². The summed E-state index contributed by atoms with van der Waals surface area (Å²) in [5.41, 5.74) is 8.94. The molecule has 4 heteroatoms. The van der Waals surface area contributed by atoms with Crippen molar-refractivity contribution in [2.45, 2.75) is 12.8 Å². The van der Waals surface area contributed by atoms with Crippen molar-refractivity contribution >= 4 is 5.52 Å². The van der Waals surface area contributed by atoms with Crippen LogP contribution in [-0.2, 0) is 6.42 Å². The molecule has 3 aromatic rings. The molecule has 0 amide bonds. The third kappa shape index (κ3) is 2.22. The first-order valence-electron chi connectivity index (χ1n) is 6.46. The van der Waals surface area contributed by atoms with Crippen molar-refractivity contribution in [3.63, 3.8) is 0 Å². The Morgan fingerprint density at radius 3 is 2.74 bits per heavy atom. The minimum Gasteiger partial charge on any atom is -0.330 e. The zero-order valence-corrected chi connectivity index (χ0v) is 10.7. The van der Waals surface area contributed by atoms with E-state index in [1.54, 1.807) is 12.4 Å². The lowest BCUT2D eigenvalue weighted by molar-refractivity contribution is 0.820. The normalized spacial score (nSPS) is 11.0. The number of nitrogens with zero attached hydrogens (tertiary/aromatic N) is 3. The highest BCUT2D eigenvalue weighted by molar-refractivity contribution is 5.65. The fourth-order valence-corrected chi connectivity index (χ4v) is 2.26. The largest absolute Gasteiger partial charge is 0.330 e. The number of fused-ring (bicyclic) bond motifs is 1. The van der Waals surface area contributed by atoms with E-state index < -0.39 is 0 Å². The maximum Gasteiger partial charge on any atom is 0.144 e. The van der Waals surface area contributed by atoms with Gasteiger partial charge in [0.15, 0.2) is 0 Å². The van der Waals surface area contributed by atoms with Crippen molar-refractivity contribution in [3.05, 3.63) is 54.6 Å². The van der Waals surface area contributed by atoms with Gasteiger partial charge in [-0.15, -0.1) is 0 Å². The predicted molar refractivity (Wildman–Crippen MR) is 75.8 cm³/mol. The third-order valence-electron chi connectivity index (χ3n) is 3.18. The number of aryl methyl sites for hydroxylation is 1. The average Bonchev–Trinajstić information content (AvgIpc) is 2.85. The molecular weight excluding hydrogens is 236 g/mol. The molecule has 0 aromatic carbocycles. The van der Waals surface area contributed by atoms with Crippen LogP contribution in [0, 0.1) is 0 Å². The van der Waals surface area contributed by atoms with Gasteiger partial charge >= 0.3 is 0 Å². The van der Waals surface area contributed by atoms with Gasteiger partial charge in [-0.1, -0.05) is 6.07 Å². The first kappa shape index (κ1) is 11.9. The van der Waals surface area contributed by atoms with E-state index in [4.69, 9.17) is 10.7 Å². The van der Waals surface area contributed by atoms with Crippen LogP contribution in [0.1, 0.15) is 12.1 Å². The van der Waals surface area contributed by atoms with Crippen LogP contribution in [0.15, 0.2) is 48.9 Å². The van der Waals surface area contributed by atoms with Crippen molar-refractivity contribution < 1.29 is 0 Å². The molecule has 0 atom stereocenters. The first-order chi connectivity index (χ1) is 9.40. The van der Waals surface area contributed by atoms with Crippen LogP contribution >= 0.6 is 0 Å². The first-order valence-corrected chi connectivity index (χ1v) is 6.46. The van der Waals surface area contributed by atoms with Gasteiger partial charge in [-0.05, 0) is 43.7 Å². The van der Waals surface area contributed by atoms with Gasteiger partial charge in [-0.2, -0.15) is 0 Å². The molecular formula is C15H16N4. The van der Waals surface area contributed by atoms with Crippen molar-refractivity contribution in [1.29, 1.82) is 0 Å². The highest BCUT2D eigenvalue weighted by Crippen LogP contribution is 2.22.